The topological polar surface area (TPSA) is 53.0 Å². The maximum absolute atomic E-state index is 14.0. The van der Waals surface area contributed by atoms with E-state index >= 15 is 0 Å². The standard InChI is InChI=1S/C36H40N2O3/c1-26-21-38(27(2)24-39)36(40)34-16-10-9-15-33(34)32-14-8-7-13-31(32)25-41-35(26)23-37(3)22-28-17-19-30(20-18-28)29-11-5-4-6-12-29/h4-20,26-27,35,39H,21-25H2,1-3H3/t26-,27-,35-/m0/s1. The Morgan fingerprint density at radius 3 is 2.17 bits per heavy atom. The van der Waals surface area contributed by atoms with Gasteiger partial charge in [0.05, 0.1) is 25.4 Å². The van der Waals surface area contributed by atoms with Gasteiger partial charge in [-0.1, -0.05) is 104 Å². The first-order valence-corrected chi connectivity index (χ1v) is 14.5. The minimum Gasteiger partial charge on any atom is -0.394 e. The summed E-state index contributed by atoms with van der Waals surface area (Å²) in [6, 6.07) is 34.8. The second-order valence-corrected chi connectivity index (χ2v) is 11.3. The van der Waals surface area contributed by atoms with Crippen LogP contribution in [-0.4, -0.2) is 59.7 Å². The lowest BCUT2D eigenvalue weighted by atomic mass is 9.94. The lowest BCUT2D eigenvalue weighted by molar-refractivity contribution is -0.0241. The first-order valence-electron chi connectivity index (χ1n) is 14.5. The van der Waals surface area contributed by atoms with Crippen molar-refractivity contribution in [2.24, 2.45) is 5.92 Å². The third-order valence-corrected chi connectivity index (χ3v) is 8.10. The average Bonchev–Trinajstić information content (AvgIpc) is 3.03. The molecule has 41 heavy (non-hydrogen) atoms. The van der Waals surface area contributed by atoms with Crippen molar-refractivity contribution in [3.8, 4) is 22.3 Å². The van der Waals surface area contributed by atoms with Gasteiger partial charge in [0.2, 0.25) is 0 Å². The number of benzene rings is 4. The van der Waals surface area contributed by atoms with Crippen molar-refractivity contribution in [2.75, 3.05) is 26.7 Å². The van der Waals surface area contributed by atoms with Crippen LogP contribution >= 0.6 is 0 Å². The normalized spacial score (nSPS) is 18.4. The Hall–Kier alpha value is -3.77. The number of hydrogen-bond acceptors (Lipinski definition) is 4. The number of amides is 1. The van der Waals surface area contributed by atoms with Crippen molar-refractivity contribution in [2.45, 2.75) is 39.1 Å². The smallest absolute Gasteiger partial charge is 0.254 e. The number of ether oxygens (including phenoxy) is 1. The number of likely N-dealkylation sites (N-methyl/N-ethyl adjacent to an activating group) is 1. The van der Waals surface area contributed by atoms with E-state index in [9.17, 15) is 9.90 Å². The van der Waals surface area contributed by atoms with Crippen LogP contribution in [0.2, 0.25) is 0 Å². The summed E-state index contributed by atoms with van der Waals surface area (Å²) in [7, 11) is 2.12. The number of nitrogens with zero attached hydrogens (tertiary/aromatic N) is 2. The van der Waals surface area contributed by atoms with Crippen LogP contribution in [0.1, 0.15) is 35.3 Å². The van der Waals surface area contributed by atoms with Crippen LogP contribution in [0.15, 0.2) is 103 Å². The Morgan fingerprint density at radius 2 is 1.46 bits per heavy atom. The molecule has 1 aliphatic rings. The fourth-order valence-corrected chi connectivity index (χ4v) is 5.67. The molecule has 5 rings (SSSR count). The van der Waals surface area contributed by atoms with Crippen molar-refractivity contribution < 1.29 is 14.6 Å². The summed E-state index contributed by atoms with van der Waals surface area (Å²) in [5.74, 6) is -0.00963. The van der Waals surface area contributed by atoms with E-state index in [1.165, 1.54) is 16.7 Å². The van der Waals surface area contributed by atoms with E-state index in [2.05, 4.69) is 79.5 Å². The van der Waals surface area contributed by atoms with E-state index < -0.39 is 0 Å². The maximum Gasteiger partial charge on any atom is 0.254 e. The molecule has 212 valence electrons. The minimum absolute atomic E-state index is 0.0493. The lowest BCUT2D eigenvalue weighted by Gasteiger charge is -2.35. The molecule has 1 amide bonds. The van der Waals surface area contributed by atoms with Gasteiger partial charge in [0.15, 0.2) is 0 Å². The molecule has 4 aromatic carbocycles. The summed E-state index contributed by atoms with van der Waals surface area (Å²) in [5, 5.41) is 10.1. The van der Waals surface area contributed by atoms with Crippen LogP contribution in [0.25, 0.3) is 22.3 Å². The van der Waals surface area contributed by atoms with Crippen molar-refractivity contribution in [3.63, 3.8) is 0 Å². The number of aliphatic hydroxyl groups is 1. The molecule has 0 spiro atoms. The van der Waals surface area contributed by atoms with Crippen LogP contribution in [-0.2, 0) is 17.9 Å². The van der Waals surface area contributed by atoms with Crippen LogP contribution in [0.4, 0.5) is 0 Å². The Kier molecular flexibility index (Phi) is 9.30. The zero-order valence-corrected chi connectivity index (χ0v) is 24.2. The SMILES string of the molecule is C[C@H]1CN([C@@H](C)CO)C(=O)c2ccccc2-c2ccccc2CO[C@H]1CN(C)Cc1ccc(-c2ccccc2)cc1. The van der Waals surface area contributed by atoms with Crippen LogP contribution in [0, 0.1) is 5.92 Å². The summed E-state index contributed by atoms with van der Waals surface area (Å²) in [4.78, 5) is 18.1. The Bertz CT molecular complexity index is 1440. The summed E-state index contributed by atoms with van der Waals surface area (Å²) in [5.41, 5.74) is 7.28. The molecule has 0 fully saturated rings. The summed E-state index contributed by atoms with van der Waals surface area (Å²) in [6.07, 6.45) is -0.112. The van der Waals surface area contributed by atoms with E-state index in [1.807, 2.05) is 54.3 Å². The molecule has 5 heteroatoms. The predicted octanol–water partition coefficient (Wildman–Crippen LogP) is 6.51. The fourth-order valence-electron chi connectivity index (χ4n) is 5.67. The third-order valence-electron chi connectivity index (χ3n) is 8.10. The highest BCUT2D eigenvalue weighted by atomic mass is 16.5. The number of carbonyl (C=O) groups is 1. The largest absolute Gasteiger partial charge is 0.394 e. The van der Waals surface area contributed by atoms with E-state index in [0.717, 1.165) is 23.2 Å². The summed E-state index contributed by atoms with van der Waals surface area (Å²) >= 11 is 0. The second kappa shape index (κ2) is 13.3. The average molecular weight is 549 g/mol. The van der Waals surface area contributed by atoms with Crippen molar-refractivity contribution >= 4 is 5.91 Å². The second-order valence-electron chi connectivity index (χ2n) is 11.3. The van der Waals surface area contributed by atoms with E-state index in [-0.39, 0.29) is 30.6 Å². The van der Waals surface area contributed by atoms with Crippen LogP contribution in [0.5, 0.6) is 0 Å². The molecule has 5 nitrogen and oxygen atoms in total. The molecular formula is C36H40N2O3. The predicted molar refractivity (Wildman–Crippen MR) is 165 cm³/mol. The molecule has 4 aromatic rings. The van der Waals surface area contributed by atoms with Crippen molar-refractivity contribution in [1.29, 1.82) is 0 Å². The van der Waals surface area contributed by atoms with Crippen LogP contribution < -0.4 is 0 Å². The van der Waals surface area contributed by atoms with E-state index in [1.54, 1.807) is 0 Å². The molecule has 0 aromatic heterocycles. The van der Waals surface area contributed by atoms with Gasteiger partial charge in [-0.3, -0.25) is 9.69 Å². The molecule has 0 aliphatic carbocycles. The summed E-state index contributed by atoms with van der Waals surface area (Å²) < 4.78 is 6.67. The van der Waals surface area contributed by atoms with E-state index in [0.29, 0.717) is 25.3 Å². The Balaban J connectivity index is 1.39. The van der Waals surface area contributed by atoms with Gasteiger partial charge in [0.1, 0.15) is 0 Å². The van der Waals surface area contributed by atoms with Crippen molar-refractivity contribution in [3.05, 3.63) is 120 Å². The third kappa shape index (κ3) is 6.76. The molecular weight excluding hydrogens is 508 g/mol. The monoisotopic (exact) mass is 548 g/mol. The Labute approximate surface area is 244 Å². The molecule has 1 aliphatic heterocycles. The minimum atomic E-state index is -0.310. The van der Waals surface area contributed by atoms with Crippen molar-refractivity contribution in [1.82, 2.24) is 9.80 Å². The number of rotatable bonds is 7. The number of carbonyl (C=O) groups excluding carboxylic acids is 1. The highest BCUT2D eigenvalue weighted by molar-refractivity contribution is 6.01. The number of hydrogen-bond donors (Lipinski definition) is 1. The molecule has 0 unspecified atom stereocenters. The fraction of sp³-hybridized carbons (Fsp3) is 0.306. The molecule has 1 heterocycles. The molecule has 0 bridgehead atoms. The number of fused-ring (bicyclic) bond motifs is 3. The van der Waals surface area contributed by atoms with E-state index in [4.69, 9.17) is 4.74 Å². The van der Waals surface area contributed by atoms with Gasteiger partial charge in [0, 0.05) is 31.1 Å². The lowest BCUT2D eigenvalue weighted by Crippen LogP contribution is -2.47. The first-order chi connectivity index (χ1) is 19.9. The van der Waals surface area contributed by atoms with Gasteiger partial charge in [-0.15, -0.1) is 0 Å². The highest BCUT2D eigenvalue weighted by Gasteiger charge is 2.30. The van der Waals surface area contributed by atoms with Gasteiger partial charge in [-0.25, -0.2) is 0 Å². The van der Waals surface area contributed by atoms with Gasteiger partial charge >= 0.3 is 0 Å². The first kappa shape index (κ1) is 28.7. The number of aliphatic hydroxyl groups excluding tert-OH is 1. The van der Waals surface area contributed by atoms with Gasteiger partial charge in [0.25, 0.3) is 5.91 Å². The zero-order chi connectivity index (χ0) is 28.8. The highest BCUT2D eigenvalue weighted by Crippen LogP contribution is 2.31. The maximum atomic E-state index is 14.0. The van der Waals surface area contributed by atoms with Gasteiger partial charge in [-0.05, 0) is 53.4 Å². The zero-order valence-electron chi connectivity index (χ0n) is 24.2. The molecule has 0 radical (unpaired) electrons. The molecule has 3 atom stereocenters. The van der Waals surface area contributed by atoms with Gasteiger partial charge in [-0.2, -0.15) is 0 Å². The summed E-state index contributed by atoms with van der Waals surface area (Å²) in [6.45, 7) is 6.42. The van der Waals surface area contributed by atoms with Crippen LogP contribution in [0.3, 0.4) is 0 Å². The molecule has 0 saturated heterocycles. The van der Waals surface area contributed by atoms with Gasteiger partial charge < -0.3 is 14.7 Å². The Morgan fingerprint density at radius 1 is 0.854 bits per heavy atom. The molecule has 1 N–H and O–H groups in total. The molecule has 0 saturated carbocycles. The quantitative estimate of drug-likeness (QED) is 0.286.